The summed E-state index contributed by atoms with van der Waals surface area (Å²) in [7, 11) is 0. The molecule has 156 valence electrons. The highest BCUT2D eigenvalue weighted by Crippen LogP contribution is 2.44. The molecule has 0 aliphatic carbocycles. The van der Waals surface area contributed by atoms with Crippen molar-refractivity contribution in [3.63, 3.8) is 0 Å². The van der Waals surface area contributed by atoms with Gasteiger partial charge >= 0.3 is 0 Å². The minimum absolute atomic E-state index is 0.833. The maximum Gasteiger partial charge on any atom is 0.106 e. The van der Waals surface area contributed by atoms with Crippen molar-refractivity contribution in [2.24, 2.45) is 0 Å². The highest BCUT2D eigenvalue weighted by atomic mass is 79.9. The average Bonchev–Trinajstić information content (AvgIpc) is 2.88. The fourth-order valence-corrected chi connectivity index (χ4v) is 4.89. The monoisotopic (exact) mass is 486 g/mol. The van der Waals surface area contributed by atoms with Crippen molar-refractivity contribution >= 4 is 37.5 Å². The molecule has 0 aliphatic rings. The summed E-state index contributed by atoms with van der Waals surface area (Å²) >= 11 is 3.48. The van der Waals surface area contributed by atoms with E-state index in [9.17, 15) is 0 Å². The summed E-state index contributed by atoms with van der Waals surface area (Å²) in [5.74, 6) is 0. The fraction of sp³-hybridized carbons (Fsp3) is 0. The molecule has 2 nitrogen and oxygen atoms in total. The first kappa shape index (κ1) is 19.8. The predicted molar refractivity (Wildman–Crippen MR) is 141 cm³/mol. The molecule has 2 aromatic heterocycles. The molecule has 0 fully saturated rings. The van der Waals surface area contributed by atoms with E-state index in [4.69, 9.17) is 0 Å². The van der Waals surface area contributed by atoms with Crippen molar-refractivity contribution in [3.8, 4) is 33.4 Å². The highest BCUT2D eigenvalue weighted by molar-refractivity contribution is 9.10. The smallest absolute Gasteiger partial charge is 0.106 e. The molecule has 4 aromatic carbocycles. The molecule has 0 amide bonds. The van der Waals surface area contributed by atoms with Gasteiger partial charge in [0.1, 0.15) is 4.60 Å². The third-order valence-corrected chi connectivity index (χ3v) is 6.59. The van der Waals surface area contributed by atoms with Gasteiger partial charge in [0, 0.05) is 24.2 Å². The van der Waals surface area contributed by atoms with Gasteiger partial charge in [-0.25, -0.2) is 4.98 Å². The van der Waals surface area contributed by atoms with E-state index in [1.54, 1.807) is 0 Å². The van der Waals surface area contributed by atoms with Crippen LogP contribution in [0.4, 0.5) is 0 Å². The zero-order valence-electron chi connectivity index (χ0n) is 17.7. The Labute approximate surface area is 200 Å². The van der Waals surface area contributed by atoms with Crippen LogP contribution in [-0.2, 0) is 0 Å². The van der Waals surface area contributed by atoms with Gasteiger partial charge < -0.3 is 0 Å². The second-order valence-corrected chi connectivity index (χ2v) is 8.84. The molecular formula is C30H19BrN2. The Morgan fingerprint density at radius 2 is 1.12 bits per heavy atom. The van der Waals surface area contributed by atoms with Crippen molar-refractivity contribution in [3.05, 3.63) is 120 Å². The molecule has 6 aromatic rings. The van der Waals surface area contributed by atoms with Crippen molar-refractivity contribution in [1.82, 2.24) is 9.97 Å². The van der Waals surface area contributed by atoms with Crippen LogP contribution in [0.15, 0.2) is 120 Å². The zero-order chi connectivity index (χ0) is 22.2. The Bertz CT molecular complexity index is 1590. The van der Waals surface area contributed by atoms with Gasteiger partial charge in [0.05, 0.1) is 0 Å². The summed E-state index contributed by atoms with van der Waals surface area (Å²) in [6, 6.07) is 34.3. The van der Waals surface area contributed by atoms with Crippen LogP contribution in [0.2, 0.25) is 0 Å². The molecule has 33 heavy (non-hydrogen) atoms. The molecule has 0 aliphatic heterocycles. The van der Waals surface area contributed by atoms with E-state index in [2.05, 4.69) is 117 Å². The van der Waals surface area contributed by atoms with Crippen molar-refractivity contribution < 1.29 is 0 Å². The average molecular weight is 487 g/mol. The molecule has 0 bridgehead atoms. The van der Waals surface area contributed by atoms with Crippen LogP contribution in [0, 0.1) is 0 Å². The van der Waals surface area contributed by atoms with E-state index in [0.717, 1.165) is 15.7 Å². The topological polar surface area (TPSA) is 25.8 Å². The Morgan fingerprint density at radius 1 is 0.485 bits per heavy atom. The van der Waals surface area contributed by atoms with Gasteiger partial charge in [-0.2, -0.15) is 0 Å². The van der Waals surface area contributed by atoms with Crippen molar-refractivity contribution in [1.29, 1.82) is 0 Å². The van der Waals surface area contributed by atoms with Crippen LogP contribution in [0.25, 0.3) is 54.9 Å². The first-order valence-corrected chi connectivity index (χ1v) is 11.6. The van der Waals surface area contributed by atoms with Gasteiger partial charge in [0.2, 0.25) is 0 Å². The van der Waals surface area contributed by atoms with Crippen LogP contribution in [0.3, 0.4) is 0 Å². The number of benzene rings is 4. The minimum atomic E-state index is 0.833. The summed E-state index contributed by atoms with van der Waals surface area (Å²) in [5, 5.41) is 4.87. The lowest BCUT2D eigenvalue weighted by Gasteiger charge is -2.18. The van der Waals surface area contributed by atoms with E-state index in [-0.39, 0.29) is 0 Å². The number of pyridine rings is 2. The van der Waals surface area contributed by atoms with Gasteiger partial charge in [-0.15, -0.1) is 0 Å². The Hall–Kier alpha value is -3.82. The molecular weight excluding hydrogens is 468 g/mol. The van der Waals surface area contributed by atoms with Crippen LogP contribution < -0.4 is 0 Å². The Kier molecular flexibility index (Phi) is 4.97. The molecule has 0 N–H and O–H groups in total. The third kappa shape index (κ3) is 3.51. The molecule has 6 rings (SSSR count). The highest BCUT2D eigenvalue weighted by Gasteiger charge is 2.17. The standard InChI is InChI=1S/C30H19BrN2/c31-28-13-11-23(19-33-28)30-25-9-5-4-8-24(25)29(21-14-16-32-17-15-21)27-18-22(10-12-26(27)30)20-6-2-1-3-7-20/h1-19H. The fourth-order valence-electron chi connectivity index (χ4n) is 4.65. The second-order valence-electron chi connectivity index (χ2n) is 8.03. The van der Waals surface area contributed by atoms with Crippen molar-refractivity contribution in [2.75, 3.05) is 0 Å². The molecule has 0 saturated heterocycles. The SMILES string of the molecule is Brc1ccc(-c2c3ccccc3c(-c3ccncc3)c3cc(-c4ccccc4)ccc23)cn1. The number of fused-ring (bicyclic) bond motifs is 2. The third-order valence-electron chi connectivity index (χ3n) is 6.12. The summed E-state index contributed by atoms with van der Waals surface area (Å²) in [4.78, 5) is 8.78. The predicted octanol–water partition coefficient (Wildman–Crippen LogP) is 8.55. The lowest BCUT2D eigenvalue weighted by molar-refractivity contribution is 1.28. The Morgan fingerprint density at radius 3 is 1.82 bits per heavy atom. The van der Waals surface area contributed by atoms with E-state index in [0.29, 0.717) is 0 Å². The van der Waals surface area contributed by atoms with Crippen LogP contribution in [0.5, 0.6) is 0 Å². The maximum atomic E-state index is 4.52. The largest absolute Gasteiger partial charge is 0.265 e. The molecule has 0 atom stereocenters. The summed E-state index contributed by atoms with van der Waals surface area (Å²) in [5.41, 5.74) is 7.12. The normalized spacial score (nSPS) is 11.2. The number of hydrogen-bond donors (Lipinski definition) is 0. The number of rotatable bonds is 3. The lowest BCUT2D eigenvalue weighted by atomic mass is 9.85. The molecule has 0 saturated carbocycles. The van der Waals surface area contributed by atoms with Crippen molar-refractivity contribution in [2.45, 2.75) is 0 Å². The number of nitrogens with zero attached hydrogens (tertiary/aromatic N) is 2. The maximum absolute atomic E-state index is 4.52. The molecule has 0 spiro atoms. The number of halogens is 1. The van der Waals surface area contributed by atoms with Gasteiger partial charge in [-0.1, -0.05) is 72.8 Å². The zero-order valence-corrected chi connectivity index (χ0v) is 19.3. The van der Waals surface area contributed by atoms with E-state index in [1.807, 2.05) is 24.7 Å². The number of aromatic nitrogens is 2. The van der Waals surface area contributed by atoms with E-state index < -0.39 is 0 Å². The molecule has 3 heteroatoms. The molecule has 0 unspecified atom stereocenters. The minimum Gasteiger partial charge on any atom is -0.265 e. The van der Waals surface area contributed by atoms with Gasteiger partial charge in [-0.05, 0) is 89.6 Å². The molecule has 2 heterocycles. The van der Waals surface area contributed by atoms with Gasteiger partial charge in [0.15, 0.2) is 0 Å². The van der Waals surface area contributed by atoms with E-state index >= 15 is 0 Å². The van der Waals surface area contributed by atoms with Crippen LogP contribution in [-0.4, -0.2) is 9.97 Å². The van der Waals surface area contributed by atoms with Crippen LogP contribution in [0.1, 0.15) is 0 Å². The first-order valence-electron chi connectivity index (χ1n) is 10.9. The summed E-state index contributed by atoms with van der Waals surface area (Å²) in [6.45, 7) is 0. The quantitative estimate of drug-likeness (QED) is 0.185. The number of hydrogen-bond acceptors (Lipinski definition) is 2. The Balaban J connectivity index is 1.78. The lowest BCUT2D eigenvalue weighted by Crippen LogP contribution is -1.92. The summed E-state index contributed by atoms with van der Waals surface area (Å²) in [6.07, 6.45) is 5.68. The van der Waals surface area contributed by atoms with Gasteiger partial charge in [0.25, 0.3) is 0 Å². The van der Waals surface area contributed by atoms with E-state index in [1.165, 1.54) is 43.8 Å². The first-order chi connectivity index (χ1) is 16.3. The molecule has 0 radical (unpaired) electrons. The summed E-state index contributed by atoms with van der Waals surface area (Å²) < 4.78 is 0.833. The van der Waals surface area contributed by atoms with Gasteiger partial charge in [-0.3, -0.25) is 4.98 Å². The van der Waals surface area contributed by atoms with Crippen LogP contribution >= 0.6 is 15.9 Å². The second kappa shape index (κ2) is 8.27.